The lowest BCUT2D eigenvalue weighted by molar-refractivity contribution is 1.15. The van der Waals surface area contributed by atoms with Gasteiger partial charge in [-0.15, -0.1) is 0 Å². The molecular formula is C50H29N5. The van der Waals surface area contributed by atoms with Gasteiger partial charge in [-0.05, 0) is 90.0 Å². The van der Waals surface area contributed by atoms with E-state index in [0.717, 1.165) is 82.8 Å². The Morgan fingerprint density at radius 1 is 0.327 bits per heavy atom. The van der Waals surface area contributed by atoms with Crippen LogP contribution in [0.4, 0.5) is 0 Å². The van der Waals surface area contributed by atoms with Crippen LogP contribution in [0.15, 0.2) is 176 Å². The van der Waals surface area contributed by atoms with E-state index in [0.29, 0.717) is 11.1 Å². The van der Waals surface area contributed by atoms with Crippen LogP contribution in [-0.4, -0.2) is 13.7 Å². The minimum atomic E-state index is 0.627. The minimum Gasteiger partial charge on any atom is -0.309 e. The highest BCUT2D eigenvalue weighted by molar-refractivity contribution is 6.12. The third kappa shape index (κ3) is 4.51. The molecule has 0 atom stereocenters. The van der Waals surface area contributed by atoms with Gasteiger partial charge in [0.25, 0.3) is 0 Å². The predicted octanol–water partition coefficient (Wildman–Crippen LogP) is 12.4. The van der Waals surface area contributed by atoms with E-state index in [1.165, 1.54) is 10.8 Å². The van der Waals surface area contributed by atoms with E-state index in [-0.39, 0.29) is 0 Å². The smallest absolute Gasteiger partial charge is 0.101 e. The molecule has 0 radical (unpaired) electrons. The van der Waals surface area contributed by atoms with Crippen molar-refractivity contribution in [2.24, 2.45) is 0 Å². The molecule has 0 saturated carbocycles. The van der Waals surface area contributed by atoms with Crippen molar-refractivity contribution in [1.29, 1.82) is 10.5 Å². The Morgan fingerprint density at radius 2 is 0.818 bits per heavy atom. The van der Waals surface area contributed by atoms with Gasteiger partial charge in [0, 0.05) is 43.7 Å². The third-order valence-electron chi connectivity index (χ3n) is 11.1. The Morgan fingerprint density at radius 3 is 1.42 bits per heavy atom. The Kier molecular flexibility index (Phi) is 6.61. The van der Waals surface area contributed by atoms with Crippen LogP contribution in [0, 0.1) is 22.7 Å². The first-order valence-electron chi connectivity index (χ1n) is 18.3. The van der Waals surface area contributed by atoms with Gasteiger partial charge in [-0.3, -0.25) is 0 Å². The van der Waals surface area contributed by atoms with Crippen molar-refractivity contribution in [2.75, 3.05) is 0 Å². The van der Waals surface area contributed by atoms with Crippen LogP contribution < -0.4 is 0 Å². The monoisotopic (exact) mass is 699 g/mol. The number of nitrogens with zero attached hydrogens (tertiary/aromatic N) is 5. The molecule has 11 rings (SSSR count). The fourth-order valence-corrected chi connectivity index (χ4v) is 8.67. The Balaban J connectivity index is 1.07. The molecule has 8 aromatic carbocycles. The first kappa shape index (κ1) is 30.7. The van der Waals surface area contributed by atoms with Crippen molar-refractivity contribution in [3.63, 3.8) is 0 Å². The molecule has 0 N–H and O–H groups in total. The van der Waals surface area contributed by atoms with E-state index < -0.39 is 0 Å². The van der Waals surface area contributed by atoms with E-state index in [1.54, 1.807) is 0 Å². The molecule has 0 bridgehead atoms. The lowest BCUT2D eigenvalue weighted by Gasteiger charge is -2.14. The molecule has 254 valence electrons. The van der Waals surface area contributed by atoms with Gasteiger partial charge in [0.15, 0.2) is 0 Å². The maximum Gasteiger partial charge on any atom is 0.101 e. The minimum absolute atomic E-state index is 0.627. The third-order valence-corrected chi connectivity index (χ3v) is 11.1. The van der Waals surface area contributed by atoms with Gasteiger partial charge < -0.3 is 13.7 Å². The van der Waals surface area contributed by atoms with Crippen LogP contribution in [0.3, 0.4) is 0 Å². The number of nitriles is 2. The molecule has 5 heteroatoms. The van der Waals surface area contributed by atoms with Crippen molar-refractivity contribution in [3.8, 4) is 40.3 Å². The van der Waals surface area contributed by atoms with Gasteiger partial charge in [-0.2, -0.15) is 10.5 Å². The number of fused-ring (bicyclic) bond motifs is 9. The summed E-state index contributed by atoms with van der Waals surface area (Å²) in [6, 6.07) is 66.1. The number of aromatic nitrogens is 3. The van der Waals surface area contributed by atoms with Gasteiger partial charge >= 0.3 is 0 Å². The molecule has 5 nitrogen and oxygen atoms in total. The topological polar surface area (TPSA) is 62.4 Å². The standard InChI is InChI=1S/C50H29N5/c51-30-32-17-26-48-43(27-32)41-12-4-6-14-45(41)54(48)37-24-25-42-40-11-1-5-13-44(40)53(50(42)29-37)36-22-20-33(21-23-36)34-18-19-35(31-52)49(28-34)55-46-15-7-2-9-38(46)39-10-3-8-16-47(39)55/h1-29H. The summed E-state index contributed by atoms with van der Waals surface area (Å²) in [5.41, 5.74) is 12.9. The number of hydrogen-bond acceptors (Lipinski definition) is 2. The SMILES string of the molecule is N#Cc1ccc2c(c1)c1ccccc1n2-c1ccc2c3ccccc3n(-c3ccc(-c4ccc(C#N)c(-n5c6ccccc6c6ccccc65)c4)cc3)c2c1. The second-order valence-corrected chi connectivity index (χ2v) is 14.0. The van der Waals surface area contributed by atoms with Crippen molar-refractivity contribution < 1.29 is 0 Å². The highest BCUT2D eigenvalue weighted by Crippen LogP contribution is 2.38. The molecule has 3 heterocycles. The predicted molar refractivity (Wildman–Crippen MR) is 224 cm³/mol. The highest BCUT2D eigenvalue weighted by atomic mass is 15.0. The summed E-state index contributed by atoms with van der Waals surface area (Å²) in [5.74, 6) is 0. The fourth-order valence-electron chi connectivity index (χ4n) is 8.67. The molecule has 0 saturated heterocycles. The molecule has 0 unspecified atom stereocenters. The zero-order valence-electron chi connectivity index (χ0n) is 29.5. The van der Waals surface area contributed by atoms with Crippen LogP contribution in [0.2, 0.25) is 0 Å². The molecule has 3 aromatic heterocycles. The van der Waals surface area contributed by atoms with Gasteiger partial charge in [0.1, 0.15) is 6.07 Å². The van der Waals surface area contributed by atoms with E-state index in [9.17, 15) is 10.5 Å². The molecule has 0 fully saturated rings. The highest BCUT2D eigenvalue weighted by Gasteiger charge is 2.18. The summed E-state index contributed by atoms with van der Waals surface area (Å²) in [7, 11) is 0. The molecule has 0 aliphatic rings. The lowest BCUT2D eigenvalue weighted by atomic mass is 10.0. The fraction of sp³-hybridized carbons (Fsp3) is 0. The van der Waals surface area contributed by atoms with Crippen LogP contribution in [0.1, 0.15) is 11.1 Å². The van der Waals surface area contributed by atoms with Crippen LogP contribution in [-0.2, 0) is 0 Å². The number of rotatable bonds is 4. The maximum atomic E-state index is 10.3. The van der Waals surface area contributed by atoms with Gasteiger partial charge in [0.05, 0.1) is 56.0 Å². The lowest BCUT2D eigenvalue weighted by Crippen LogP contribution is -1.98. The number of para-hydroxylation sites is 4. The van der Waals surface area contributed by atoms with Gasteiger partial charge in [-0.25, -0.2) is 0 Å². The summed E-state index contributed by atoms with van der Waals surface area (Å²) in [6.07, 6.45) is 0. The zero-order chi connectivity index (χ0) is 36.6. The summed E-state index contributed by atoms with van der Waals surface area (Å²) in [5, 5.41) is 26.8. The van der Waals surface area contributed by atoms with Crippen molar-refractivity contribution in [2.45, 2.75) is 0 Å². The average Bonchev–Trinajstić information content (AvgIpc) is 3.88. The second kappa shape index (κ2) is 11.8. The molecule has 0 spiro atoms. The zero-order valence-corrected chi connectivity index (χ0v) is 29.5. The quantitative estimate of drug-likeness (QED) is 0.184. The van der Waals surface area contributed by atoms with Crippen LogP contribution >= 0.6 is 0 Å². The molecule has 0 aliphatic heterocycles. The molecule has 55 heavy (non-hydrogen) atoms. The number of benzene rings is 8. The first-order chi connectivity index (χ1) is 27.2. The molecule has 0 amide bonds. The summed E-state index contributed by atoms with van der Waals surface area (Å²) in [4.78, 5) is 0. The summed E-state index contributed by atoms with van der Waals surface area (Å²) in [6.45, 7) is 0. The normalized spacial score (nSPS) is 11.6. The van der Waals surface area contributed by atoms with Gasteiger partial charge in [0.2, 0.25) is 0 Å². The number of hydrogen-bond donors (Lipinski definition) is 0. The largest absolute Gasteiger partial charge is 0.309 e. The van der Waals surface area contributed by atoms with Crippen LogP contribution in [0.25, 0.3) is 93.6 Å². The van der Waals surface area contributed by atoms with Crippen molar-refractivity contribution in [1.82, 2.24) is 13.7 Å². The first-order valence-corrected chi connectivity index (χ1v) is 18.3. The molecule has 11 aromatic rings. The van der Waals surface area contributed by atoms with E-state index in [1.807, 2.05) is 24.3 Å². The second-order valence-electron chi connectivity index (χ2n) is 14.0. The van der Waals surface area contributed by atoms with Crippen molar-refractivity contribution >= 4 is 65.4 Å². The molecule has 0 aliphatic carbocycles. The van der Waals surface area contributed by atoms with E-state index >= 15 is 0 Å². The average molecular weight is 700 g/mol. The molecular weight excluding hydrogens is 671 g/mol. The summed E-state index contributed by atoms with van der Waals surface area (Å²) < 4.78 is 6.87. The van der Waals surface area contributed by atoms with E-state index in [2.05, 4.69) is 177 Å². The maximum absolute atomic E-state index is 10.3. The van der Waals surface area contributed by atoms with Crippen molar-refractivity contribution in [3.05, 3.63) is 187 Å². The summed E-state index contributed by atoms with van der Waals surface area (Å²) >= 11 is 0. The Labute approximate surface area is 316 Å². The van der Waals surface area contributed by atoms with Crippen LogP contribution in [0.5, 0.6) is 0 Å². The Bertz CT molecular complexity index is 3400. The van der Waals surface area contributed by atoms with Gasteiger partial charge in [-0.1, -0.05) is 97.1 Å². The Hall–Kier alpha value is -7.86. The van der Waals surface area contributed by atoms with E-state index in [4.69, 9.17) is 0 Å².